The van der Waals surface area contributed by atoms with E-state index in [1.807, 2.05) is 30.3 Å². The Bertz CT molecular complexity index is 1090. The molecule has 0 fully saturated rings. The van der Waals surface area contributed by atoms with Crippen LogP contribution in [0.15, 0.2) is 65.6 Å². The van der Waals surface area contributed by atoms with Crippen LogP contribution in [-0.2, 0) is 55.3 Å². The SMILES string of the molecule is [NH-]C(=O)Cn1c(-c2ccc(F)cc2)ncc(NC(=O)CCc2ccccc2)c1=O.[Y]. The quantitative estimate of drug-likeness (QED) is 0.559. The Balaban J connectivity index is 0.00000320. The molecule has 2 amide bonds. The number of nitrogens with one attached hydrogen (secondary N) is 2. The summed E-state index contributed by atoms with van der Waals surface area (Å²) in [6.45, 7) is -0.535. The molecule has 1 aromatic heterocycles. The van der Waals surface area contributed by atoms with Crippen LogP contribution in [0.25, 0.3) is 17.1 Å². The number of carbonyl (C=O) groups is 2. The van der Waals surface area contributed by atoms with Crippen molar-refractivity contribution < 1.29 is 46.7 Å². The zero-order valence-corrected chi connectivity index (χ0v) is 18.8. The summed E-state index contributed by atoms with van der Waals surface area (Å²) in [5.41, 5.74) is 7.86. The first-order valence-corrected chi connectivity index (χ1v) is 8.88. The van der Waals surface area contributed by atoms with Gasteiger partial charge in [0.05, 0.1) is 18.6 Å². The van der Waals surface area contributed by atoms with Gasteiger partial charge in [0.15, 0.2) is 0 Å². The molecule has 2 N–H and O–H groups in total. The summed E-state index contributed by atoms with van der Waals surface area (Å²) in [6, 6.07) is 14.7. The van der Waals surface area contributed by atoms with Gasteiger partial charge in [-0.25, -0.2) is 9.37 Å². The largest absolute Gasteiger partial charge is 0.666 e. The minimum absolute atomic E-state index is 0. The summed E-state index contributed by atoms with van der Waals surface area (Å²) in [6.07, 6.45) is 1.88. The summed E-state index contributed by atoms with van der Waals surface area (Å²) in [5, 5.41) is 2.51. The number of carbonyl (C=O) groups excluding carboxylic acids is 2. The number of anilines is 1. The maximum Gasteiger partial charge on any atom is 0.277 e. The standard InChI is InChI=1S/C21H19FN4O3.Y/c22-16-9-7-15(8-10-16)20-24-12-17(21(29)26(20)13-18(23)27)25-19(28)11-6-14-4-2-1-3-5-14;/h1-5,7-10,12H,6,11,13H2,(H3,23,25,27,28);/p-1. The topological polar surface area (TPSA) is 105 Å². The number of aromatic nitrogens is 2. The molecule has 0 saturated carbocycles. The van der Waals surface area contributed by atoms with Crippen molar-refractivity contribution in [2.24, 2.45) is 0 Å². The predicted octanol–water partition coefficient (Wildman–Crippen LogP) is 3.20. The van der Waals surface area contributed by atoms with E-state index in [2.05, 4.69) is 10.3 Å². The molecule has 0 spiro atoms. The van der Waals surface area contributed by atoms with Gasteiger partial charge >= 0.3 is 0 Å². The Morgan fingerprint density at radius 1 is 1.07 bits per heavy atom. The molecule has 0 unspecified atom stereocenters. The van der Waals surface area contributed by atoms with E-state index < -0.39 is 23.8 Å². The van der Waals surface area contributed by atoms with Crippen molar-refractivity contribution in [2.75, 3.05) is 5.32 Å². The fraction of sp³-hybridized carbons (Fsp3) is 0.143. The second-order valence-electron chi connectivity index (χ2n) is 6.35. The molecule has 0 aliphatic carbocycles. The van der Waals surface area contributed by atoms with Gasteiger partial charge in [0.1, 0.15) is 17.3 Å². The van der Waals surface area contributed by atoms with Gasteiger partial charge < -0.3 is 15.8 Å². The molecule has 1 radical (unpaired) electrons. The molecule has 151 valence electrons. The first kappa shape index (κ1) is 23.6. The second-order valence-corrected chi connectivity index (χ2v) is 6.35. The first-order valence-electron chi connectivity index (χ1n) is 8.88. The van der Waals surface area contributed by atoms with Gasteiger partial charge in [-0.2, -0.15) is 0 Å². The number of amides is 2. The molecule has 0 saturated heterocycles. The molecule has 0 atom stereocenters. The number of hydrogen-bond donors (Lipinski definition) is 1. The van der Waals surface area contributed by atoms with E-state index >= 15 is 0 Å². The van der Waals surface area contributed by atoms with Crippen LogP contribution >= 0.6 is 0 Å². The predicted molar refractivity (Wildman–Crippen MR) is 107 cm³/mol. The van der Waals surface area contributed by atoms with Crippen LogP contribution in [0, 0.1) is 5.82 Å². The van der Waals surface area contributed by atoms with Crippen molar-refractivity contribution in [1.82, 2.24) is 9.55 Å². The monoisotopic (exact) mass is 482 g/mol. The Kier molecular flexibility index (Phi) is 8.56. The van der Waals surface area contributed by atoms with Crippen molar-refractivity contribution in [3.63, 3.8) is 0 Å². The number of aryl methyl sites for hydroxylation is 1. The molecular weight excluding hydrogens is 464 g/mol. The van der Waals surface area contributed by atoms with Crippen LogP contribution in [-0.4, -0.2) is 21.4 Å². The van der Waals surface area contributed by atoms with Gasteiger partial charge in [-0.3, -0.25) is 14.2 Å². The minimum atomic E-state index is -0.996. The molecule has 1 heterocycles. The molecule has 0 aliphatic rings. The first-order chi connectivity index (χ1) is 13.9. The third-order valence-electron chi connectivity index (χ3n) is 4.21. The number of benzene rings is 2. The van der Waals surface area contributed by atoms with E-state index in [0.29, 0.717) is 12.0 Å². The zero-order valence-electron chi connectivity index (χ0n) is 16.0. The van der Waals surface area contributed by atoms with Crippen molar-refractivity contribution in [1.29, 1.82) is 0 Å². The number of hydrogen-bond acceptors (Lipinski definition) is 4. The normalized spacial score (nSPS) is 10.2. The van der Waals surface area contributed by atoms with Gasteiger partial charge in [0.25, 0.3) is 5.56 Å². The number of halogens is 1. The van der Waals surface area contributed by atoms with Crippen LogP contribution in [0.3, 0.4) is 0 Å². The summed E-state index contributed by atoms with van der Waals surface area (Å²) in [5.74, 6) is -1.71. The number of nitrogens with zero attached hydrogens (tertiary/aromatic N) is 2. The molecule has 2 aromatic carbocycles. The van der Waals surface area contributed by atoms with E-state index in [1.54, 1.807) is 0 Å². The van der Waals surface area contributed by atoms with Crippen molar-refractivity contribution in [2.45, 2.75) is 19.4 Å². The molecule has 3 aromatic rings. The maximum atomic E-state index is 13.2. The summed E-state index contributed by atoms with van der Waals surface area (Å²) in [4.78, 5) is 40.5. The maximum absolute atomic E-state index is 13.2. The summed E-state index contributed by atoms with van der Waals surface area (Å²) in [7, 11) is 0. The average Bonchev–Trinajstić information content (AvgIpc) is 2.71. The smallest absolute Gasteiger partial charge is 0.277 e. The van der Waals surface area contributed by atoms with Crippen LogP contribution in [0.1, 0.15) is 12.0 Å². The van der Waals surface area contributed by atoms with Crippen LogP contribution < -0.4 is 10.9 Å². The van der Waals surface area contributed by atoms with E-state index in [1.165, 1.54) is 30.5 Å². The Labute approximate surface area is 197 Å². The van der Waals surface area contributed by atoms with Crippen LogP contribution in [0.5, 0.6) is 0 Å². The van der Waals surface area contributed by atoms with Gasteiger partial charge in [-0.15, -0.1) is 0 Å². The van der Waals surface area contributed by atoms with E-state index in [4.69, 9.17) is 5.73 Å². The fourth-order valence-corrected chi connectivity index (χ4v) is 2.81. The summed E-state index contributed by atoms with van der Waals surface area (Å²) >= 11 is 0. The van der Waals surface area contributed by atoms with E-state index in [9.17, 15) is 18.8 Å². The molecule has 7 nitrogen and oxygen atoms in total. The molecule has 0 aliphatic heterocycles. The van der Waals surface area contributed by atoms with Gasteiger partial charge in [0.2, 0.25) is 5.91 Å². The van der Waals surface area contributed by atoms with Gasteiger partial charge in [0, 0.05) is 44.7 Å². The Hall–Kier alpha value is -2.71. The van der Waals surface area contributed by atoms with E-state index in [-0.39, 0.29) is 56.5 Å². The third kappa shape index (κ3) is 6.14. The molecular formula is C21H18FN4O3Y-. The molecule has 3 rings (SSSR count). The van der Waals surface area contributed by atoms with Crippen LogP contribution in [0.2, 0.25) is 0 Å². The zero-order chi connectivity index (χ0) is 20.8. The van der Waals surface area contributed by atoms with Crippen molar-refractivity contribution >= 4 is 17.5 Å². The molecule has 30 heavy (non-hydrogen) atoms. The minimum Gasteiger partial charge on any atom is -0.666 e. The van der Waals surface area contributed by atoms with Crippen LogP contribution in [0.4, 0.5) is 10.1 Å². The average molecular weight is 482 g/mol. The van der Waals surface area contributed by atoms with Gasteiger partial charge in [-0.05, 0) is 36.2 Å². The van der Waals surface area contributed by atoms with Crippen molar-refractivity contribution in [3.8, 4) is 11.4 Å². The second kappa shape index (κ2) is 10.9. The third-order valence-corrected chi connectivity index (χ3v) is 4.21. The molecule has 9 heteroatoms. The fourth-order valence-electron chi connectivity index (χ4n) is 2.81. The summed E-state index contributed by atoms with van der Waals surface area (Å²) < 4.78 is 14.2. The Morgan fingerprint density at radius 2 is 1.73 bits per heavy atom. The van der Waals surface area contributed by atoms with E-state index in [0.717, 1.165) is 10.1 Å². The van der Waals surface area contributed by atoms with Crippen molar-refractivity contribution in [3.05, 3.63) is 88.3 Å². The number of rotatable bonds is 7. The molecule has 0 bridgehead atoms. The Morgan fingerprint density at radius 3 is 2.37 bits per heavy atom. The van der Waals surface area contributed by atoms with Gasteiger partial charge in [-0.1, -0.05) is 30.3 Å².